The zero-order valence-corrected chi connectivity index (χ0v) is 16.2. The van der Waals surface area contributed by atoms with Crippen LogP contribution in [-0.4, -0.2) is 0 Å². The molecule has 3 rings (SSSR count). The molecule has 0 aromatic carbocycles. The normalized spacial score (nSPS) is 28.6. The minimum atomic E-state index is -2.38. The fourth-order valence-corrected chi connectivity index (χ4v) is 14.5. The van der Waals surface area contributed by atoms with Gasteiger partial charge in [-0.25, -0.2) is 0 Å². The summed E-state index contributed by atoms with van der Waals surface area (Å²) in [5, 5.41) is 0. The Kier molecular flexibility index (Phi) is 3.65. The molecule has 0 spiro atoms. The molecule has 0 N–H and O–H groups in total. The topological polar surface area (TPSA) is 0 Å². The van der Waals surface area contributed by atoms with Crippen molar-refractivity contribution in [2.45, 2.75) is 58.8 Å². The summed E-state index contributed by atoms with van der Waals surface area (Å²) in [5.74, 6) is 0.746. The zero-order valence-electron chi connectivity index (χ0n) is 13.7. The minimum absolute atomic E-state index is 0.369. The van der Waals surface area contributed by atoms with Crippen molar-refractivity contribution in [3.63, 3.8) is 0 Å². The van der Waals surface area contributed by atoms with E-state index in [0.717, 1.165) is 5.92 Å². The first-order valence-electron chi connectivity index (χ1n) is 8.19. The molecule has 0 saturated heterocycles. The summed E-state index contributed by atoms with van der Waals surface area (Å²) in [5.41, 5.74) is 5.28. The van der Waals surface area contributed by atoms with E-state index in [0.29, 0.717) is 3.12 Å². The second kappa shape index (κ2) is 4.94. The molecule has 0 aliphatic heterocycles. The summed E-state index contributed by atoms with van der Waals surface area (Å²) in [6.45, 7) is 7.41. The van der Waals surface area contributed by atoms with Crippen molar-refractivity contribution in [1.82, 2.24) is 0 Å². The van der Waals surface area contributed by atoms with Crippen molar-refractivity contribution >= 4 is 0 Å². The molecule has 0 fully saturated rings. The molecule has 0 heterocycles. The molecule has 1 atom stereocenters. The summed E-state index contributed by atoms with van der Waals surface area (Å²) < 4.78 is 7.59. The number of allylic oxidation sites excluding steroid dienone is 8. The van der Waals surface area contributed by atoms with Gasteiger partial charge in [-0.1, -0.05) is 0 Å². The SMILES string of the molecule is CC1=[C]([Zr]([CH3])([CH3])[C]2(C)C=CC=C2)C(C)C2=C1CCCC2. The van der Waals surface area contributed by atoms with Crippen LogP contribution in [-0.2, 0) is 20.3 Å². The van der Waals surface area contributed by atoms with Crippen molar-refractivity contribution < 1.29 is 20.3 Å². The fourth-order valence-electron chi connectivity index (χ4n) is 4.78. The van der Waals surface area contributed by atoms with Crippen LogP contribution in [0.5, 0.6) is 0 Å². The second-order valence-corrected chi connectivity index (χ2v) is 19.6. The van der Waals surface area contributed by atoms with E-state index in [1.165, 1.54) is 25.7 Å². The van der Waals surface area contributed by atoms with E-state index in [-0.39, 0.29) is 0 Å². The van der Waals surface area contributed by atoms with Gasteiger partial charge in [0, 0.05) is 0 Å². The number of hydrogen-bond donors (Lipinski definition) is 0. The van der Waals surface area contributed by atoms with E-state index in [4.69, 9.17) is 0 Å². The van der Waals surface area contributed by atoms with Gasteiger partial charge in [-0.05, 0) is 0 Å². The third-order valence-corrected chi connectivity index (χ3v) is 19.1. The summed E-state index contributed by atoms with van der Waals surface area (Å²) >= 11 is -2.38. The van der Waals surface area contributed by atoms with E-state index in [1.807, 2.05) is 8.85 Å². The Bertz CT molecular complexity index is 542. The Morgan fingerprint density at radius 2 is 1.70 bits per heavy atom. The standard InChI is InChI=1S/C11H15.C6H7.2CH3.Zr/c1-8-7-9(2)11-6-4-3-5-10(8)11;1-6-4-2-3-5-6;;;/h8H,3-6H2,1-2H3;2-5H,1H3;2*1H3;. The average molecular weight is 348 g/mol. The van der Waals surface area contributed by atoms with Gasteiger partial charge >= 0.3 is 129 Å². The van der Waals surface area contributed by atoms with Crippen molar-refractivity contribution in [2.24, 2.45) is 5.92 Å². The Labute approximate surface area is 129 Å². The second-order valence-electron chi connectivity index (χ2n) is 7.60. The fraction of sp³-hybridized carbons (Fsp3) is 0.579. The van der Waals surface area contributed by atoms with E-state index in [2.05, 4.69) is 54.3 Å². The quantitative estimate of drug-likeness (QED) is 0.547. The van der Waals surface area contributed by atoms with E-state index in [1.54, 1.807) is 11.1 Å². The van der Waals surface area contributed by atoms with Crippen LogP contribution in [0.4, 0.5) is 0 Å². The number of hydrogen-bond acceptors (Lipinski definition) is 0. The van der Waals surface area contributed by atoms with E-state index in [9.17, 15) is 0 Å². The summed E-state index contributed by atoms with van der Waals surface area (Å²) in [4.78, 5) is 0. The van der Waals surface area contributed by atoms with Crippen molar-refractivity contribution in [1.29, 1.82) is 0 Å². The van der Waals surface area contributed by atoms with Crippen LogP contribution in [0, 0.1) is 5.92 Å². The van der Waals surface area contributed by atoms with Crippen LogP contribution in [0.1, 0.15) is 46.5 Å². The number of rotatable bonds is 2. The van der Waals surface area contributed by atoms with Crippen LogP contribution in [0.2, 0.25) is 12.4 Å². The molecule has 0 aromatic rings. The zero-order chi connectivity index (χ0) is 14.5. The Hall–Kier alpha value is -0.157. The molecular formula is C19H28Zr. The molecule has 0 nitrogen and oxygen atoms in total. The third-order valence-electron chi connectivity index (χ3n) is 6.34. The van der Waals surface area contributed by atoms with Crippen LogP contribution in [0.25, 0.3) is 0 Å². The molecule has 1 unspecified atom stereocenters. The molecule has 0 radical (unpaired) electrons. The molecule has 0 saturated carbocycles. The predicted molar refractivity (Wildman–Crippen MR) is 85.7 cm³/mol. The summed E-state index contributed by atoms with van der Waals surface area (Å²) in [6.07, 6.45) is 15.0. The van der Waals surface area contributed by atoms with Gasteiger partial charge in [-0.15, -0.1) is 0 Å². The van der Waals surface area contributed by atoms with E-state index >= 15 is 0 Å². The van der Waals surface area contributed by atoms with Crippen LogP contribution in [0.3, 0.4) is 0 Å². The summed E-state index contributed by atoms with van der Waals surface area (Å²) in [7, 11) is 0. The Morgan fingerprint density at radius 1 is 1.10 bits per heavy atom. The van der Waals surface area contributed by atoms with Gasteiger partial charge in [0.2, 0.25) is 0 Å². The van der Waals surface area contributed by atoms with Gasteiger partial charge in [0.15, 0.2) is 0 Å². The molecule has 0 amide bonds. The van der Waals surface area contributed by atoms with E-state index < -0.39 is 20.3 Å². The monoisotopic (exact) mass is 346 g/mol. The molecule has 108 valence electrons. The molecule has 3 aliphatic carbocycles. The van der Waals surface area contributed by atoms with Gasteiger partial charge in [0.05, 0.1) is 0 Å². The van der Waals surface area contributed by atoms with Gasteiger partial charge < -0.3 is 0 Å². The molecular weight excluding hydrogens is 319 g/mol. The van der Waals surface area contributed by atoms with Crippen LogP contribution >= 0.6 is 0 Å². The molecule has 3 aliphatic rings. The van der Waals surface area contributed by atoms with Gasteiger partial charge in [-0.3, -0.25) is 0 Å². The molecule has 20 heavy (non-hydrogen) atoms. The first-order chi connectivity index (χ1) is 9.38. The molecule has 0 aromatic heterocycles. The third kappa shape index (κ3) is 1.96. The summed E-state index contributed by atoms with van der Waals surface area (Å²) in [6, 6.07) is 0. The maximum atomic E-state index is 2.66. The first-order valence-corrected chi connectivity index (χ1v) is 15.6. The molecule has 1 heteroatoms. The van der Waals surface area contributed by atoms with Gasteiger partial charge in [0.1, 0.15) is 0 Å². The van der Waals surface area contributed by atoms with Crippen molar-refractivity contribution in [2.75, 3.05) is 0 Å². The molecule has 0 bridgehead atoms. The van der Waals surface area contributed by atoms with Crippen LogP contribution in [0.15, 0.2) is 44.3 Å². The Balaban J connectivity index is 2.05. The van der Waals surface area contributed by atoms with Crippen molar-refractivity contribution in [3.05, 3.63) is 44.3 Å². The Morgan fingerprint density at radius 3 is 2.30 bits per heavy atom. The van der Waals surface area contributed by atoms with Gasteiger partial charge in [0.25, 0.3) is 0 Å². The van der Waals surface area contributed by atoms with Crippen LogP contribution < -0.4 is 0 Å². The first kappa shape index (κ1) is 14.8. The predicted octanol–water partition coefficient (Wildman–Crippen LogP) is 6.34. The van der Waals surface area contributed by atoms with Gasteiger partial charge in [-0.2, -0.15) is 0 Å². The maximum absolute atomic E-state index is 2.66. The average Bonchev–Trinajstić information content (AvgIpc) is 2.96. The van der Waals surface area contributed by atoms with Crippen molar-refractivity contribution in [3.8, 4) is 0 Å².